The highest BCUT2D eigenvalue weighted by Gasteiger charge is 2.07. The van der Waals surface area contributed by atoms with Crippen LogP contribution in [0, 0.1) is 10.1 Å². The molecule has 0 spiro atoms. The van der Waals surface area contributed by atoms with Crippen molar-refractivity contribution >= 4 is 6.08 Å². The van der Waals surface area contributed by atoms with E-state index >= 15 is 0 Å². The normalized spacial score (nSPS) is 11.2. The molecule has 0 aliphatic rings. The number of methoxy groups -OCH3 is 1. The Morgan fingerprint density at radius 3 is 2.74 bits per heavy atom. The largest absolute Gasteiger partial charge is 0.493 e. The number of nitro groups is 1. The summed E-state index contributed by atoms with van der Waals surface area (Å²) in [5.74, 6) is 1.24. The first kappa shape index (κ1) is 15.0. The Hall–Kier alpha value is -2.04. The molecule has 5 heteroatoms. The van der Waals surface area contributed by atoms with Crippen LogP contribution < -0.4 is 9.47 Å². The van der Waals surface area contributed by atoms with E-state index in [1.165, 1.54) is 13.0 Å². The lowest BCUT2D eigenvalue weighted by atomic mass is 10.1. The van der Waals surface area contributed by atoms with Crippen LogP contribution >= 0.6 is 0 Å². The molecular formula is C14H19NO4. The van der Waals surface area contributed by atoms with Crippen molar-refractivity contribution in [2.45, 2.75) is 26.7 Å². The third kappa shape index (κ3) is 4.62. The van der Waals surface area contributed by atoms with Gasteiger partial charge in [0.1, 0.15) is 0 Å². The zero-order valence-corrected chi connectivity index (χ0v) is 11.5. The Morgan fingerprint density at radius 2 is 2.16 bits per heavy atom. The second-order valence-electron chi connectivity index (χ2n) is 4.16. The number of allylic oxidation sites excluding steroid dienone is 1. The van der Waals surface area contributed by atoms with Crippen molar-refractivity contribution in [1.29, 1.82) is 0 Å². The van der Waals surface area contributed by atoms with Crippen LogP contribution in [0.15, 0.2) is 23.9 Å². The van der Waals surface area contributed by atoms with Gasteiger partial charge in [0, 0.05) is 13.0 Å². The smallest absolute Gasteiger partial charge is 0.243 e. The number of unbranched alkanes of at least 4 members (excludes halogenated alkanes) is 1. The van der Waals surface area contributed by atoms with Gasteiger partial charge >= 0.3 is 0 Å². The van der Waals surface area contributed by atoms with Crippen LogP contribution in [-0.2, 0) is 0 Å². The Morgan fingerprint density at radius 1 is 1.42 bits per heavy atom. The van der Waals surface area contributed by atoms with Crippen LogP contribution in [0.1, 0.15) is 32.3 Å². The highest BCUT2D eigenvalue weighted by Crippen LogP contribution is 2.29. The van der Waals surface area contributed by atoms with Crippen molar-refractivity contribution in [1.82, 2.24) is 0 Å². The standard InChI is InChI=1S/C14H19NO4/c1-4-5-8-19-13-7-6-12(10-14(13)18-3)9-11(2)15(16)17/h6-7,9-10H,4-5,8H2,1-3H3. The predicted octanol–water partition coefficient (Wildman–Crippen LogP) is 3.51. The fraction of sp³-hybridized carbons (Fsp3) is 0.429. The van der Waals surface area contributed by atoms with Gasteiger partial charge in [0.15, 0.2) is 11.5 Å². The summed E-state index contributed by atoms with van der Waals surface area (Å²) in [7, 11) is 1.55. The SMILES string of the molecule is CCCCOc1ccc(C=C(C)[N+](=O)[O-])cc1OC. The summed E-state index contributed by atoms with van der Waals surface area (Å²) in [6.45, 7) is 4.18. The van der Waals surface area contributed by atoms with E-state index in [4.69, 9.17) is 9.47 Å². The van der Waals surface area contributed by atoms with E-state index < -0.39 is 4.92 Å². The molecule has 0 aliphatic carbocycles. The predicted molar refractivity (Wildman–Crippen MR) is 74.0 cm³/mol. The maximum absolute atomic E-state index is 10.6. The van der Waals surface area contributed by atoms with E-state index in [-0.39, 0.29) is 5.70 Å². The summed E-state index contributed by atoms with van der Waals surface area (Å²) in [4.78, 5) is 10.2. The van der Waals surface area contributed by atoms with Crippen molar-refractivity contribution in [3.8, 4) is 11.5 Å². The van der Waals surface area contributed by atoms with E-state index in [1.807, 2.05) is 0 Å². The van der Waals surface area contributed by atoms with E-state index in [9.17, 15) is 10.1 Å². The quantitative estimate of drug-likeness (QED) is 0.430. The summed E-state index contributed by atoms with van der Waals surface area (Å²) in [5, 5.41) is 10.6. The molecule has 0 heterocycles. The molecule has 0 atom stereocenters. The first-order chi connectivity index (χ1) is 9.08. The lowest BCUT2D eigenvalue weighted by Crippen LogP contribution is -1.99. The monoisotopic (exact) mass is 265 g/mol. The molecule has 0 bridgehead atoms. The number of hydrogen-bond acceptors (Lipinski definition) is 4. The number of benzene rings is 1. The molecule has 0 aromatic heterocycles. The highest BCUT2D eigenvalue weighted by atomic mass is 16.6. The number of hydrogen-bond donors (Lipinski definition) is 0. The molecule has 1 rings (SSSR count). The molecule has 0 unspecified atom stereocenters. The van der Waals surface area contributed by atoms with Crippen LogP contribution in [0.3, 0.4) is 0 Å². The first-order valence-corrected chi connectivity index (χ1v) is 6.22. The van der Waals surface area contributed by atoms with Gasteiger partial charge in [-0.15, -0.1) is 0 Å². The minimum absolute atomic E-state index is 0.0849. The molecule has 0 aliphatic heterocycles. The van der Waals surface area contributed by atoms with Crippen LogP contribution in [0.25, 0.3) is 6.08 Å². The summed E-state index contributed by atoms with van der Waals surface area (Å²) < 4.78 is 10.8. The van der Waals surface area contributed by atoms with E-state index in [0.29, 0.717) is 23.7 Å². The molecule has 0 N–H and O–H groups in total. The van der Waals surface area contributed by atoms with Gasteiger partial charge in [-0.3, -0.25) is 10.1 Å². The van der Waals surface area contributed by atoms with Gasteiger partial charge in [-0.25, -0.2) is 0 Å². The maximum Gasteiger partial charge on any atom is 0.243 e. The zero-order valence-electron chi connectivity index (χ0n) is 11.5. The molecule has 19 heavy (non-hydrogen) atoms. The maximum atomic E-state index is 10.6. The van der Waals surface area contributed by atoms with Crippen molar-refractivity contribution in [3.63, 3.8) is 0 Å². The third-order valence-corrected chi connectivity index (χ3v) is 2.61. The first-order valence-electron chi connectivity index (χ1n) is 6.22. The van der Waals surface area contributed by atoms with Gasteiger partial charge in [0.25, 0.3) is 0 Å². The Balaban J connectivity index is 2.89. The summed E-state index contributed by atoms with van der Waals surface area (Å²) in [6, 6.07) is 5.28. The Kier molecular flexibility index (Phi) is 5.85. The van der Waals surface area contributed by atoms with Gasteiger partial charge in [-0.1, -0.05) is 19.4 Å². The molecular weight excluding hydrogens is 246 g/mol. The Labute approximate surface area is 113 Å². The molecule has 0 fully saturated rings. The van der Waals surface area contributed by atoms with E-state index in [1.54, 1.807) is 25.3 Å². The average Bonchev–Trinajstić information content (AvgIpc) is 2.40. The minimum atomic E-state index is -0.419. The summed E-state index contributed by atoms with van der Waals surface area (Å²) in [6.07, 6.45) is 3.54. The van der Waals surface area contributed by atoms with Crippen LogP contribution in [0.5, 0.6) is 11.5 Å². The van der Waals surface area contributed by atoms with Crippen LogP contribution in [0.2, 0.25) is 0 Å². The molecule has 5 nitrogen and oxygen atoms in total. The molecule has 1 aromatic carbocycles. The van der Waals surface area contributed by atoms with Gasteiger partial charge in [-0.2, -0.15) is 0 Å². The van der Waals surface area contributed by atoms with Crippen molar-refractivity contribution in [2.75, 3.05) is 13.7 Å². The lowest BCUT2D eigenvalue weighted by molar-refractivity contribution is -0.422. The number of rotatable bonds is 7. The topological polar surface area (TPSA) is 61.6 Å². The van der Waals surface area contributed by atoms with Gasteiger partial charge in [0.05, 0.1) is 18.6 Å². The second kappa shape index (κ2) is 7.41. The highest BCUT2D eigenvalue weighted by molar-refractivity contribution is 5.56. The van der Waals surface area contributed by atoms with E-state index in [0.717, 1.165) is 12.8 Å². The van der Waals surface area contributed by atoms with Gasteiger partial charge < -0.3 is 9.47 Å². The van der Waals surface area contributed by atoms with Gasteiger partial charge in [0.2, 0.25) is 5.70 Å². The average molecular weight is 265 g/mol. The van der Waals surface area contributed by atoms with Crippen molar-refractivity contribution in [2.24, 2.45) is 0 Å². The molecule has 0 saturated carbocycles. The molecule has 0 amide bonds. The van der Waals surface area contributed by atoms with Gasteiger partial charge in [-0.05, 0) is 24.1 Å². The van der Waals surface area contributed by atoms with E-state index in [2.05, 4.69) is 6.92 Å². The molecule has 1 aromatic rings. The van der Waals surface area contributed by atoms with Crippen LogP contribution in [-0.4, -0.2) is 18.6 Å². The second-order valence-corrected chi connectivity index (χ2v) is 4.16. The Bertz CT molecular complexity index is 469. The van der Waals surface area contributed by atoms with Crippen LogP contribution in [0.4, 0.5) is 0 Å². The molecule has 0 saturated heterocycles. The number of nitrogens with zero attached hydrogens (tertiary/aromatic N) is 1. The summed E-state index contributed by atoms with van der Waals surface area (Å²) >= 11 is 0. The molecule has 0 radical (unpaired) electrons. The number of ether oxygens (including phenoxy) is 2. The minimum Gasteiger partial charge on any atom is -0.493 e. The fourth-order valence-electron chi connectivity index (χ4n) is 1.51. The lowest BCUT2D eigenvalue weighted by Gasteiger charge is -2.10. The zero-order chi connectivity index (χ0) is 14.3. The third-order valence-electron chi connectivity index (χ3n) is 2.61. The molecule has 104 valence electrons. The van der Waals surface area contributed by atoms with Crippen molar-refractivity contribution < 1.29 is 14.4 Å². The summed E-state index contributed by atoms with van der Waals surface area (Å²) in [5.41, 5.74) is 0.801. The fourth-order valence-corrected chi connectivity index (χ4v) is 1.51. The van der Waals surface area contributed by atoms with Crippen molar-refractivity contribution in [3.05, 3.63) is 39.6 Å².